The molecule has 1 N–H and O–H groups in total. The molecule has 0 radical (unpaired) electrons. The van der Waals surface area contributed by atoms with Gasteiger partial charge in [0.25, 0.3) is 0 Å². The van der Waals surface area contributed by atoms with Gasteiger partial charge in [-0.1, -0.05) is 59.8 Å². The molecule has 0 atom stereocenters. The van der Waals surface area contributed by atoms with Gasteiger partial charge < -0.3 is 0 Å². The van der Waals surface area contributed by atoms with Crippen LogP contribution in [0.2, 0.25) is 0 Å². The number of aromatic nitrogens is 2. The Morgan fingerprint density at radius 1 is 0.947 bits per heavy atom. The number of hydrogen-bond acceptors (Lipinski definition) is 3. The zero-order valence-electron chi connectivity index (χ0n) is 10.2. The van der Waals surface area contributed by atoms with Crippen molar-refractivity contribution in [2.24, 2.45) is 0 Å². The molecule has 0 saturated carbocycles. The van der Waals surface area contributed by atoms with Crippen molar-refractivity contribution in [3.05, 3.63) is 76.5 Å². The standard InChI is InChI=1S/C15H12N2O2/c18-15-16-14(17-19-15)10-11-6-8-13(9-7-11)12-4-2-1-3-5-12/h1-9H,10H2,(H,16,17,18). The quantitative estimate of drug-likeness (QED) is 0.779. The Bertz CT molecular complexity index is 712. The molecule has 0 unspecified atom stereocenters. The predicted molar refractivity (Wildman–Crippen MR) is 71.8 cm³/mol. The van der Waals surface area contributed by atoms with Gasteiger partial charge in [0.15, 0.2) is 5.82 Å². The molecule has 94 valence electrons. The molecule has 1 aromatic heterocycles. The van der Waals surface area contributed by atoms with Crippen molar-refractivity contribution in [1.82, 2.24) is 10.1 Å². The summed E-state index contributed by atoms with van der Waals surface area (Å²) in [6.07, 6.45) is 0.556. The Morgan fingerprint density at radius 3 is 2.26 bits per heavy atom. The van der Waals surface area contributed by atoms with Crippen molar-refractivity contribution in [3.63, 3.8) is 0 Å². The van der Waals surface area contributed by atoms with Crippen LogP contribution in [0, 0.1) is 0 Å². The first-order valence-corrected chi connectivity index (χ1v) is 6.00. The maximum atomic E-state index is 10.8. The average molecular weight is 252 g/mol. The molecule has 19 heavy (non-hydrogen) atoms. The molecule has 0 aliphatic rings. The highest BCUT2D eigenvalue weighted by Gasteiger charge is 2.03. The van der Waals surface area contributed by atoms with Crippen molar-refractivity contribution in [1.29, 1.82) is 0 Å². The van der Waals surface area contributed by atoms with Gasteiger partial charge in [0.2, 0.25) is 0 Å². The molecule has 0 fully saturated rings. The van der Waals surface area contributed by atoms with Crippen LogP contribution in [-0.4, -0.2) is 10.1 Å². The van der Waals surface area contributed by atoms with Crippen LogP contribution < -0.4 is 5.76 Å². The highest BCUT2D eigenvalue weighted by atomic mass is 16.5. The van der Waals surface area contributed by atoms with Crippen LogP contribution in [-0.2, 0) is 6.42 Å². The maximum absolute atomic E-state index is 10.8. The molecule has 1 heterocycles. The summed E-state index contributed by atoms with van der Waals surface area (Å²) < 4.78 is 4.47. The minimum atomic E-state index is -0.518. The number of aromatic amines is 1. The van der Waals surface area contributed by atoms with Crippen LogP contribution in [0.3, 0.4) is 0 Å². The summed E-state index contributed by atoms with van der Waals surface area (Å²) in [7, 11) is 0. The number of rotatable bonds is 3. The highest BCUT2D eigenvalue weighted by molar-refractivity contribution is 5.63. The molecule has 2 aromatic carbocycles. The van der Waals surface area contributed by atoms with Crippen LogP contribution in [0.1, 0.15) is 11.4 Å². The normalized spacial score (nSPS) is 10.5. The van der Waals surface area contributed by atoms with Crippen LogP contribution in [0.15, 0.2) is 63.9 Å². The number of benzene rings is 2. The molecule has 0 aliphatic heterocycles. The Morgan fingerprint density at radius 2 is 1.63 bits per heavy atom. The van der Waals surface area contributed by atoms with Gasteiger partial charge >= 0.3 is 5.76 Å². The first-order valence-electron chi connectivity index (χ1n) is 6.00. The largest absolute Gasteiger partial charge is 0.438 e. The number of nitrogens with one attached hydrogen (secondary N) is 1. The van der Waals surface area contributed by atoms with Gasteiger partial charge in [0.1, 0.15) is 0 Å². The van der Waals surface area contributed by atoms with Crippen LogP contribution in [0.25, 0.3) is 11.1 Å². The summed E-state index contributed by atoms with van der Waals surface area (Å²) >= 11 is 0. The zero-order chi connectivity index (χ0) is 13.1. The van der Waals surface area contributed by atoms with Crippen LogP contribution in [0.4, 0.5) is 0 Å². The second-order valence-corrected chi connectivity index (χ2v) is 4.28. The first kappa shape index (κ1) is 11.5. The lowest BCUT2D eigenvalue weighted by Gasteiger charge is -2.03. The van der Waals surface area contributed by atoms with E-state index in [1.165, 1.54) is 5.56 Å². The number of nitrogens with zero attached hydrogens (tertiary/aromatic N) is 1. The van der Waals surface area contributed by atoms with Gasteiger partial charge in [-0.15, -0.1) is 0 Å². The Hall–Kier alpha value is -2.62. The Labute approximate surface area is 109 Å². The molecule has 0 aliphatic carbocycles. The van der Waals surface area contributed by atoms with E-state index in [0.29, 0.717) is 12.2 Å². The van der Waals surface area contributed by atoms with E-state index in [1.807, 2.05) is 30.3 Å². The Balaban J connectivity index is 1.81. The van der Waals surface area contributed by atoms with Gasteiger partial charge in [-0.2, -0.15) is 0 Å². The van der Waals surface area contributed by atoms with E-state index in [9.17, 15) is 4.79 Å². The molecular weight excluding hydrogens is 240 g/mol. The maximum Gasteiger partial charge on any atom is 0.438 e. The molecule has 3 rings (SSSR count). The molecule has 3 aromatic rings. The lowest BCUT2D eigenvalue weighted by molar-refractivity contribution is 0.382. The molecule has 0 bridgehead atoms. The molecule has 4 heteroatoms. The van der Waals surface area contributed by atoms with E-state index < -0.39 is 5.76 Å². The topological polar surface area (TPSA) is 58.9 Å². The van der Waals surface area contributed by atoms with Crippen molar-refractivity contribution in [2.75, 3.05) is 0 Å². The fourth-order valence-electron chi connectivity index (χ4n) is 1.98. The predicted octanol–water partition coefficient (Wildman–Crippen LogP) is 2.62. The second kappa shape index (κ2) is 4.94. The van der Waals surface area contributed by atoms with E-state index in [1.54, 1.807) is 0 Å². The van der Waals surface area contributed by atoms with E-state index in [-0.39, 0.29) is 0 Å². The highest BCUT2D eigenvalue weighted by Crippen LogP contribution is 2.19. The van der Waals surface area contributed by atoms with Gasteiger partial charge in [0, 0.05) is 6.42 Å². The summed E-state index contributed by atoms with van der Waals surface area (Å²) in [4.78, 5) is 13.4. The van der Waals surface area contributed by atoms with E-state index in [2.05, 4.69) is 38.9 Å². The summed E-state index contributed by atoms with van der Waals surface area (Å²) in [6.45, 7) is 0. The van der Waals surface area contributed by atoms with Gasteiger partial charge in [-0.3, -0.25) is 9.51 Å². The van der Waals surface area contributed by atoms with E-state index in [0.717, 1.165) is 11.1 Å². The van der Waals surface area contributed by atoms with Crippen LogP contribution >= 0.6 is 0 Å². The number of H-pyrrole nitrogens is 1. The van der Waals surface area contributed by atoms with E-state index >= 15 is 0 Å². The van der Waals surface area contributed by atoms with E-state index in [4.69, 9.17) is 0 Å². The first-order chi connectivity index (χ1) is 9.31. The summed E-state index contributed by atoms with van der Waals surface area (Å²) in [5.41, 5.74) is 3.42. The SMILES string of the molecule is O=c1[nH]c(Cc2ccc(-c3ccccc3)cc2)no1. The third-order valence-electron chi connectivity index (χ3n) is 2.92. The van der Waals surface area contributed by atoms with Crippen molar-refractivity contribution in [3.8, 4) is 11.1 Å². The van der Waals surface area contributed by atoms with Gasteiger partial charge in [-0.25, -0.2) is 4.79 Å². The van der Waals surface area contributed by atoms with Gasteiger partial charge in [-0.05, 0) is 16.7 Å². The fourth-order valence-corrected chi connectivity index (χ4v) is 1.98. The minimum Gasteiger partial charge on any atom is -0.296 e. The van der Waals surface area contributed by atoms with Crippen molar-refractivity contribution >= 4 is 0 Å². The second-order valence-electron chi connectivity index (χ2n) is 4.28. The number of hydrogen-bond donors (Lipinski definition) is 1. The van der Waals surface area contributed by atoms with Crippen LogP contribution in [0.5, 0.6) is 0 Å². The fraction of sp³-hybridized carbons (Fsp3) is 0.0667. The van der Waals surface area contributed by atoms with Crippen molar-refractivity contribution < 1.29 is 4.52 Å². The lowest BCUT2D eigenvalue weighted by Crippen LogP contribution is -1.97. The minimum absolute atomic E-state index is 0.518. The smallest absolute Gasteiger partial charge is 0.296 e. The Kier molecular flexibility index (Phi) is 2.98. The summed E-state index contributed by atoms with van der Waals surface area (Å²) in [5.74, 6) is 0.0216. The molecule has 0 saturated heterocycles. The summed E-state index contributed by atoms with van der Waals surface area (Å²) in [5, 5.41) is 3.65. The molecular formula is C15H12N2O2. The summed E-state index contributed by atoms with van der Waals surface area (Å²) in [6, 6.07) is 18.3. The molecule has 4 nitrogen and oxygen atoms in total. The molecule has 0 spiro atoms. The molecule has 0 amide bonds. The monoisotopic (exact) mass is 252 g/mol. The average Bonchev–Trinajstić information content (AvgIpc) is 2.86. The zero-order valence-corrected chi connectivity index (χ0v) is 10.2. The van der Waals surface area contributed by atoms with Gasteiger partial charge in [0.05, 0.1) is 0 Å². The third-order valence-corrected chi connectivity index (χ3v) is 2.92. The van der Waals surface area contributed by atoms with Crippen molar-refractivity contribution in [2.45, 2.75) is 6.42 Å². The third kappa shape index (κ3) is 2.63. The lowest BCUT2D eigenvalue weighted by atomic mass is 10.0.